The number of carbonyl (C=O) groups excluding carboxylic acids is 1. The van der Waals surface area contributed by atoms with Gasteiger partial charge < -0.3 is 5.73 Å². The normalized spacial score (nSPS) is 15.7. The van der Waals surface area contributed by atoms with Gasteiger partial charge in [0, 0.05) is 24.3 Å². The van der Waals surface area contributed by atoms with Crippen LogP contribution >= 0.6 is 0 Å². The van der Waals surface area contributed by atoms with Crippen LogP contribution in [0.1, 0.15) is 35.7 Å². The molecular formula is C19H22N4O3S. The van der Waals surface area contributed by atoms with Crippen molar-refractivity contribution in [3.05, 3.63) is 59.7 Å². The Labute approximate surface area is 158 Å². The van der Waals surface area contributed by atoms with Crippen molar-refractivity contribution in [2.45, 2.75) is 24.7 Å². The van der Waals surface area contributed by atoms with Gasteiger partial charge in [0.15, 0.2) is 0 Å². The lowest BCUT2D eigenvalue weighted by Crippen LogP contribution is -2.28. The van der Waals surface area contributed by atoms with Crippen molar-refractivity contribution >= 4 is 27.3 Å². The largest absolute Gasteiger partial charge is 0.399 e. The summed E-state index contributed by atoms with van der Waals surface area (Å²) >= 11 is 0. The number of anilines is 1. The molecule has 0 atom stereocenters. The van der Waals surface area contributed by atoms with Crippen molar-refractivity contribution in [3.63, 3.8) is 0 Å². The fourth-order valence-corrected chi connectivity index (χ4v) is 4.40. The highest BCUT2D eigenvalue weighted by molar-refractivity contribution is 7.89. The van der Waals surface area contributed by atoms with Crippen molar-refractivity contribution in [2.24, 2.45) is 5.10 Å². The molecule has 7 nitrogen and oxygen atoms in total. The van der Waals surface area contributed by atoms with Gasteiger partial charge >= 0.3 is 0 Å². The lowest BCUT2D eigenvalue weighted by molar-refractivity contribution is 0.0954. The molecule has 1 saturated heterocycles. The molecule has 1 heterocycles. The zero-order valence-corrected chi connectivity index (χ0v) is 15.9. The number of nitrogens with one attached hydrogen (secondary N) is 1. The van der Waals surface area contributed by atoms with Gasteiger partial charge in [0.25, 0.3) is 5.91 Å². The second kappa shape index (κ2) is 7.89. The van der Waals surface area contributed by atoms with E-state index in [0.717, 1.165) is 18.4 Å². The van der Waals surface area contributed by atoms with Crippen LogP contribution in [0.4, 0.5) is 5.69 Å². The lowest BCUT2D eigenvalue weighted by Gasteiger charge is -2.15. The van der Waals surface area contributed by atoms with E-state index in [1.54, 1.807) is 19.1 Å². The molecule has 1 aliphatic heterocycles. The third-order valence-corrected chi connectivity index (χ3v) is 6.36. The Hall–Kier alpha value is -2.71. The van der Waals surface area contributed by atoms with Gasteiger partial charge in [-0.3, -0.25) is 4.79 Å². The quantitative estimate of drug-likeness (QED) is 0.467. The smallest absolute Gasteiger partial charge is 0.271 e. The van der Waals surface area contributed by atoms with Gasteiger partial charge in [-0.05, 0) is 61.7 Å². The van der Waals surface area contributed by atoms with Crippen molar-refractivity contribution in [1.29, 1.82) is 0 Å². The molecule has 1 amide bonds. The van der Waals surface area contributed by atoms with E-state index in [9.17, 15) is 13.2 Å². The molecule has 2 aromatic rings. The minimum atomic E-state index is -3.48. The molecule has 2 aromatic carbocycles. The molecule has 0 radical (unpaired) electrons. The minimum Gasteiger partial charge on any atom is -0.399 e. The van der Waals surface area contributed by atoms with E-state index in [4.69, 9.17) is 5.73 Å². The molecular weight excluding hydrogens is 364 g/mol. The lowest BCUT2D eigenvalue weighted by atomic mass is 10.1. The Kier molecular flexibility index (Phi) is 5.57. The number of nitrogen functional groups attached to an aromatic ring is 1. The molecule has 0 bridgehead atoms. The first-order valence-corrected chi connectivity index (χ1v) is 10.1. The number of nitrogens with two attached hydrogens (primary N) is 1. The number of hydrogen-bond donors (Lipinski definition) is 2. The van der Waals surface area contributed by atoms with Gasteiger partial charge in [0.05, 0.1) is 10.6 Å². The van der Waals surface area contributed by atoms with Crippen molar-refractivity contribution in [2.75, 3.05) is 18.8 Å². The van der Waals surface area contributed by atoms with Gasteiger partial charge in [-0.15, -0.1) is 0 Å². The Balaban J connectivity index is 1.70. The third-order valence-electron chi connectivity index (χ3n) is 4.45. The highest BCUT2D eigenvalue weighted by Gasteiger charge is 2.27. The van der Waals surface area contributed by atoms with E-state index in [2.05, 4.69) is 10.5 Å². The summed E-state index contributed by atoms with van der Waals surface area (Å²) in [6, 6.07) is 13.1. The number of rotatable bonds is 5. The predicted molar refractivity (Wildman–Crippen MR) is 105 cm³/mol. The number of carbonyl (C=O) groups is 1. The molecule has 0 aliphatic carbocycles. The van der Waals surface area contributed by atoms with Crippen LogP contribution in [0.15, 0.2) is 58.5 Å². The molecule has 1 aliphatic rings. The molecule has 0 aromatic heterocycles. The Morgan fingerprint density at radius 1 is 1.07 bits per heavy atom. The fraction of sp³-hybridized carbons (Fsp3) is 0.263. The molecule has 0 spiro atoms. The van der Waals surface area contributed by atoms with Crippen LogP contribution in [0.2, 0.25) is 0 Å². The summed E-state index contributed by atoms with van der Waals surface area (Å²) in [4.78, 5) is 12.5. The highest BCUT2D eigenvalue weighted by atomic mass is 32.2. The van der Waals surface area contributed by atoms with Crippen LogP contribution in [-0.4, -0.2) is 37.4 Å². The first kappa shape index (κ1) is 19.1. The Morgan fingerprint density at radius 2 is 1.74 bits per heavy atom. The molecule has 0 unspecified atom stereocenters. The summed E-state index contributed by atoms with van der Waals surface area (Å²) in [6.07, 6.45) is 1.76. The van der Waals surface area contributed by atoms with Crippen LogP contribution in [0, 0.1) is 0 Å². The van der Waals surface area contributed by atoms with Crippen molar-refractivity contribution in [3.8, 4) is 0 Å². The van der Waals surface area contributed by atoms with E-state index in [-0.39, 0.29) is 4.90 Å². The maximum Gasteiger partial charge on any atom is 0.271 e. The molecule has 0 saturated carbocycles. The summed E-state index contributed by atoms with van der Waals surface area (Å²) < 4.78 is 26.5. The summed E-state index contributed by atoms with van der Waals surface area (Å²) in [5.74, 6) is -0.414. The molecule has 3 N–H and O–H groups in total. The molecule has 142 valence electrons. The first-order valence-electron chi connectivity index (χ1n) is 8.69. The molecule has 1 fully saturated rings. The van der Waals surface area contributed by atoms with Gasteiger partial charge in [0.2, 0.25) is 10.0 Å². The number of amides is 1. The van der Waals surface area contributed by atoms with Crippen LogP contribution in [0.3, 0.4) is 0 Å². The van der Waals surface area contributed by atoms with Gasteiger partial charge in [-0.25, -0.2) is 13.8 Å². The minimum absolute atomic E-state index is 0.195. The highest BCUT2D eigenvalue weighted by Crippen LogP contribution is 2.21. The number of nitrogens with zero attached hydrogens (tertiary/aromatic N) is 2. The van der Waals surface area contributed by atoms with E-state index in [1.807, 2.05) is 12.1 Å². The fourth-order valence-electron chi connectivity index (χ4n) is 2.88. The van der Waals surface area contributed by atoms with E-state index in [1.165, 1.54) is 28.6 Å². The molecule has 8 heteroatoms. The number of sulfonamides is 1. The topological polar surface area (TPSA) is 105 Å². The van der Waals surface area contributed by atoms with Gasteiger partial charge in [-0.2, -0.15) is 9.41 Å². The van der Waals surface area contributed by atoms with Crippen LogP contribution in [-0.2, 0) is 10.0 Å². The second-order valence-electron chi connectivity index (χ2n) is 6.40. The summed E-state index contributed by atoms with van der Waals surface area (Å²) in [6.45, 7) is 2.85. The Bertz CT molecular complexity index is 963. The van der Waals surface area contributed by atoms with Crippen LogP contribution in [0.25, 0.3) is 0 Å². The third kappa shape index (κ3) is 4.35. The van der Waals surface area contributed by atoms with E-state index in [0.29, 0.717) is 30.1 Å². The van der Waals surface area contributed by atoms with Crippen LogP contribution in [0.5, 0.6) is 0 Å². The average Bonchev–Trinajstić information content (AvgIpc) is 3.21. The number of hydrazone groups is 1. The monoisotopic (exact) mass is 386 g/mol. The average molecular weight is 386 g/mol. The van der Waals surface area contributed by atoms with E-state index < -0.39 is 15.9 Å². The predicted octanol–water partition coefficient (Wildman–Crippen LogP) is 2.21. The zero-order chi connectivity index (χ0) is 19.4. The second-order valence-corrected chi connectivity index (χ2v) is 8.34. The standard InChI is InChI=1S/C19H22N4O3S/c1-14(16-5-4-6-17(20)13-16)21-22-19(24)15-7-9-18(10-8-15)27(25,26)23-11-2-3-12-23/h4-10,13H,2-3,11-12,20H2,1H3,(H,22,24)/b21-14-. The van der Waals surface area contributed by atoms with Crippen molar-refractivity contribution in [1.82, 2.24) is 9.73 Å². The first-order chi connectivity index (χ1) is 12.9. The number of benzene rings is 2. The van der Waals surface area contributed by atoms with Gasteiger partial charge in [-0.1, -0.05) is 12.1 Å². The summed E-state index contributed by atoms with van der Waals surface area (Å²) in [5, 5.41) is 4.08. The summed E-state index contributed by atoms with van der Waals surface area (Å²) in [7, 11) is -3.48. The maximum atomic E-state index is 12.5. The van der Waals surface area contributed by atoms with E-state index >= 15 is 0 Å². The number of hydrogen-bond acceptors (Lipinski definition) is 5. The molecule has 3 rings (SSSR count). The van der Waals surface area contributed by atoms with Gasteiger partial charge in [0.1, 0.15) is 0 Å². The molecule has 27 heavy (non-hydrogen) atoms. The SMILES string of the molecule is C/C(=N/NC(=O)c1ccc(S(=O)(=O)N2CCCC2)cc1)c1cccc(N)c1. The summed E-state index contributed by atoms with van der Waals surface area (Å²) in [5.41, 5.74) is 10.6. The zero-order valence-electron chi connectivity index (χ0n) is 15.1. The Morgan fingerprint density at radius 3 is 2.37 bits per heavy atom. The maximum absolute atomic E-state index is 12.5. The van der Waals surface area contributed by atoms with Crippen LogP contribution < -0.4 is 11.2 Å². The van der Waals surface area contributed by atoms with Crippen molar-refractivity contribution < 1.29 is 13.2 Å².